The van der Waals surface area contributed by atoms with Crippen LogP contribution in [0.25, 0.3) is 61.0 Å². The zero-order chi connectivity index (χ0) is 31.1. The van der Waals surface area contributed by atoms with E-state index in [1.54, 1.807) is 0 Å². The third-order valence-electron chi connectivity index (χ3n) is 9.02. The van der Waals surface area contributed by atoms with Gasteiger partial charge in [-0.15, -0.1) is 0 Å². The minimum Gasteiger partial charge on any atom is -0.455 e. The molecule has 5 nitrogen and oxygen atoms in total. The standard InChI is InChI=1S/C38H41N4OSi/c1-22(2)26-13-12-14-27(23(3)4)35(26)42-32-16-11-10-15-31(32)41(6)37(42)34-24(5)17-18-28-29-19-25-21-39-38(44(7,8)9)40-30(25)20-33(29)43-36(28)34/h10-23H,1-9H3/q+1. The molecule has 0 saturated heterocycles. The summed E-state index contributed by atoms with van der Waals surface area (Å²) in [6, 6.07) is 24.3. The van der Waals surface area contributed by atoms with Crippen LogP contribution in [0.15, 0.2) is 77.3 Å². The van der Waals surface area contributed by atoms with Crippen LogP contribution >= 0.6 is 0 Å². The third-order valence-corrected chi connectivity index (χ3v) is 10.6. The zero-order valence-corrected chi connectivity index (χ0v) is 28.3. The molecule has 0 saturated carbocycles. The number of hydrogen-bond acceptors (Lipinski definition) is 3. The molecular weight excluding hydrogens is 557 g/mol. The molecule has 0 aliphatic rings. The van der Waals surface area contributed by atoms with Gasteiger partial charge in [-0.3, -0.25) is 0 Å². The van der Waals surface area contributed by atoms with Gasteiger partial charge in [-0.1, -0.05) is 89.8 Å². The lowest BCUT2D eigenvalue weighted by molar-refractivity contribution is -0.633. The van der Waals surface area contributed by atoms with Crippen molar-refractivity contribution in [2.75, 3.05) is 0 Å². The molecule has 0 fully saturated rings. The van der Waals surface area contributed by atoms with Gasteiger partial charge < -0.3 is 4.42 Å². The molecule has 44 heavy (non-hydrogen) atoms. The number of aryl methyl sites for hydroxylation is 2. The fraction of sp³-hybridized carbons (Fsp3) is 0.289. The molecule has 0 atom stereocenters. The van der Waals surface area contributed by atoms with E-state index in [-0.39, 0.29) is 0 Å². The average Bonchev–Trinajstić information content (AvgIpc) is 3.48. The van der Waals surface area contributed by atoms with Gasteiger partial charge in [-0.25, -0.2) is 14.5 Å². The Morgan fingerprint density at radius 1 is 0.841 bits per heavy atom. The lowest BCUT2D eigenvalue weighted by atomic mass is 9.92. The minimum absolute atomic E-state index is 0.362. The van der Waals surface area contributed by atoms with Crippen LogP contribution < -0.4 is 10.0 Å². The molecule has 0 spiro atoms. The van der Waals surface area contributed by atoms with Crippen LogP contribution in [-0.4, -0.2) is 22.6 Å². The van der Waals surface area contributed by atoms with E-state index in [1.807, 2.05) is 6.20 Å². The molecule has 3 heterocycles. The second kappa shape index (κ2) is 10.1. The molecule has 0 unspecified atom stereocenters. The van der Waals surface area contributed by atoms with E-state index < -0.39 is 8.07 Å². The highest BCUT2D eigenvalue weighted by Crippen LogP contribution is 2.42. The van der Waals surface area contributed by atoms with Gasteiger partial charge in [0.25, 0.3) is 5.82 Å². The van der Waals surface area contributed by atoms with Crippen LogP contribution in [0.2, 0.25) is 19.6 Å². The largest absolute Gasteiger partial charge is 0.455 e. The first-order valence-electron chi connectivity index (χ1n) is 15.7. The maximum absolute atomic E-state index is 6.87. The number of para-hydroxylation sites is 3. The van der Waals surface area contributed by atoms with Gasteiger partial charge in [0.1, 0.15) is 30.4 Å². The number of nitrogens with zero attached hydrogens (tertiary/aromatic N) is 4. The Hall–Kier alpha value is -4.29. The quantitative estimate of drug-likeness (QED) is 0.147. The monoisotopic (exact) mass is 597 g/mol. The average molecular weight is 598 g/mol. The van der Waals surface area contributed by atoms with Crippen molar-refractivity contribution < 1.29 is 8.98 Å². The minimum atomic E-state index is -1.66. The zero-order valence-electron chi connectivity index (χ0n) is 27.3. The fourth-order valence-corrected chi connectivity index (χ4v) is 7.60. The van der Waals surface area contributed by atoms with Crippen molar-refractivity contribution in [3.63, 3.8) is 0 Å². The highest BCUT2D eigenvalue weighted by molar-refractivity contribution is 6.87. The smallest absolute Gasteiger partial charge is 0.299 e. The Bertz CT molecular complexity index is 2220. The Balaban J connectivity index is 1.61. The molecule has 6 heteroatoms. The predicted molar refractivity (Wildman–Crippen MR) is 186 cm³/mol. The molecule has 0 radical (unpaired) electrons. The van der Waals surface area contributed by atoms with Crippen LogP contribution in [0.1, 0.15) is 56.2 Å². The molecule has 0 aliphatic heterocycles. The van der Waals surface area contributed by atoms with Gasteiger partial charge in [0.15, 0.2) is 16.6 Å². The molecule has 3 aromatic heterocycles. The van der Waals surface area contributed by atoms with E-state index in [9.17, 15) is 0 Å². The van der Waals surface area contributed by atoms with Gasteiger partial charge in [-0.05, 0) is 42.5 Å². The molecule has 222 valence electrons. The third kappa shape index (κ3) is 4.30. The van der Waals surface area contributed by atoms with Crippen LogP contribution in [0.4, 0.5) is 0 Å². The molecule has 0 N–H and O–H groups in total. The Morgan fingerprint density at radius 3 is 2.23 bits per heavy atom. The van der Waals surface area contributed by atoms with Crippen molar-refractivity contribution in [3.8, 4) is 17.1 Å². The summed E-state index contributed by atoms with van der Waals surface area (Å²) in [5.74, 6) is 1.84. The summed E-state index contributed by atoms with van der Waals surface area (Å²) >= 11 is 0. The first-order chi connectivity index (χ1) is 21.0. The van der Waals surface area contributed by atoms with E-state index in [4.69, 9.17) is 14.4 Å². The summed E-state index contributed by atoms with van der Waals surface area (Å²) in [4.78, 5) is 9.76. The normalized spacial score (nSPS) is 12.6. The van der Waals surface area contributed by atoms with Crippen molar-refractivity contribution in [1.82, 2.24) is 14.5 Å². The summed E-state index contributed by atoms with van der Waals surface area (Å²) in [7, 11) is 0.529. The van der Waals surface area contributed by atoms with Crippen LogP contribution in [0, 0.1) is 6.92 Å². The summed E-state index contributed by atoms with van der Waals surface area (Å²) in [6.07, 6.45) is 1.98. The number of imidazole rings is 1. The number of furan rings is 1. The van der Waals surface area contributed by atoms with E-state index in [2.05, 4.69) is 137 Å². The molecule has 7 rings (SSSR count). The summed E-state index contributed by atoms with van der Waals surface area (Å²) in [6.45, 7) is 18.2. The van der Waals surface area contributed by atoms with E-state index in [0.717, 1.165) is 49.7 Å². The Kier molecular flexibility index (Phi) is 6.56. The lowest BCUT2D eigenvalue weighted by Gasteiger charge is -2.18. The maximum atomic E-state index is 6.87. The van der Waals surface area contributed by atoms with Gasteiger partial charge in [-0.2, -0.15) is 4.57 Å². The SMILES string of the molecule is Cc1ccc2c(oc3cc4nc([Si](C)(C)C)ncc4cc32)c1-c1n(-c2c(C(C)C)cccc2C(C)C)c2ccccc2[n+]1C. The maximum Gasteiger partial charge on any atom is 0.299 e. The number of aromatic nitrogens is 4. The molecule has 7 aromatic rings. The number of benzene rings is 4. The molecule has 0 bridgehead atoms. The Morgan fingerprint density at radius 2 is 1.55 bits per heavy atom. The first kappa shape index (κ1) is 28.5. The summed E-state index contributed by atoms with van der Waals surface area (Å²) < 4.78 is 11.7. The van der Waals surface area contributed by atoms with Crippen LogP contribution in [0.3, 0.4) is 0 Å². The van der Waals surface area contributed by atoms with Gasteiger partial charge in [0.2, 0.25) is 0 Å². The van der Waals surface area contributed by atoms with Crippen LogP contribution in [-0.2, 0) is 7.05 Å². The second-order valence-corrected chi connectivity index (χ2v) is 18.8. The van der Waals surface area contributed by atoms with E-state index in [1.165, 1.54) is 33.4 Å². The second-order valence-electron chi connectivity index (χ2n) is 13.9. The number of rotatable bonds is 5. The van der Waals surface area contributed by atoms with Gasteiger partial charge in [0, 0.05) is 39.5 Å². The Labute approximate surface area is 260 Å². The van der Waals surface area contributed by atoms with Gasteiger partial charge in [0.05, 0.1) is 12.6 Å². The highest BCUT2D eigenvalue weighted by Gasteiger charge is 2.33. The van der Waals surface area contributed by atoms with Crippen molar-refractivity contribution in [1.29, 1.82) is 0 Å². The molecule has 0 aliphatic carbocycles. The topological polar surface area (TPSA) is 47.7 Å². The van der Waals surface area contributed by atoms with Crippen molar-refractivity contribution in [2.24, 2.45) is 7.05 Å². The van der Waals surface area contributed by atoms with Crippen molar-refractivity contribution in [3.05, 3.63) is 89.6 Å². The summed E-state index contributed by atoms with van der Waals surface area (Å²) in [5.41, 5.74) is 12.3. The predicted octanol–water partition coefficient (Wildman–Crippen LogP) is 9.07. The molecule has 0 amide bonds. The molecular formula is C38H41N4OSi+. The van der Waals surface area contributed by atoms with E-state index >= 15 is 0 Å². The highest BCUT2D eigenvalue weighted by atomic mass is 28.3. The van der Waals surface area contributed by atoms with Crippen molar-refractivity contribution >= 4 is 57.4 Å². The fourth-order valence-electron chi connectivity index (χ4n) is 6.69. The van der Waals surface area contributed by atoms with E-state index in [0.29, 0.717) is 11.8 Å². The first-order valence-corrected chi connectivity index (χ1v) is 19.2. The van der Waals surface area contributed by atoms with Crippen molar-refractivity contribution in [2.45, 2.75) is 66.1 Å². The van der Waals surface area contributed by atoms with Crippen LogP contribution in [0.5, 0.6) is 0 Å². The summed E-state index contributed by atoms with van der Waals surface area (Å²) in [5, 5.41) is 3.24. The number of fused-ring (bicyclic) bond motifs is 5. The lowest BCUT2D eigenvalue weighted by Crippen LogP contribution is -2.42. The molecule has 4 aromatic carbocycles. The number of hydrogen-bond donors (Lipinski definition) is 0. The van der Waals surface area contributed by atoms with Gasteiger partial charge >= 0.3 is 0 Å².